The number of nitrogens with one attached hydrogen (secondary N) is 2. The number of amides is 2. The first-order valence-electron chi connectivity index (χ1n) is 8.12. The lowest BCUT2D eigenvalue weighted by atomic mass is 10.0. The van der Waals surface area contributed by atoms with Gasteiger partial charge in [0.1, 0.15) is 5.41 Å². The summed E-state index contributed by atoms with van der Waals surface area (Å²) in [5, 5.41) is 6.43. The Kier molecular flexibility index (Phi) is 5.02. The molecule has 25 heavy (non-hydrogen) atoms. The van der Waals surface area contributed by atoms with E-state index < -0.39 is 5.41 Å². The Morgan fingerprint density at radius 3 is 2.32 bits per heavy atom. The summed E-state index contributed by atoms with van der Waals surface area (Å²) >= 11 is 11.8. The molecule has 2 aromatic rings. The second kappa shape index (κ2) is 7.06. The van der Waals surface area contributed by atoms with Crippen LogP contribution in [0.5, 0.6) is 0 Å². The van der Waals surface area contributed by atoms with Crippen LogP contribution >= 0.6 is 23.2 Å². The maximum Gasteiger partial charge on any atom is 0.240 e. The van der Waals surface area contributed by atoms with Gasteiger partial charge in [0.25, 0.3) is 0 Å². The summed E-state index contributed by atoms with van der Waals surface area (Å²) in [5.74, 6) is -0.594. The van der Waals surface area contributed by atoms with Crippen molar-refractivity contribution < 1.29 is 9.59 Å². The van der Waals surface area contributed by atoms with Crippen molar-refractivity contribution in [3.8, 4) is 0 Å². The molecule has 2 aromatic carbocycles. The molecule has 130 valence electrons. The van der Waals surface area contributed by atoms with E-state index in [1.54, 1.807) is 18.2 Å². The SMILES string of the molecule is CCc1ccccc1NC(=O)C1(C(=O)Nc2ccc(Cl)c(Cl)c2)CC1. The van der Waals surface area contributed by atoms with Gasteiger partial charge >= 0.3 is 0 Å². The normalized spacial score (nSPS) is 14.7. The van der Waals surface area contributed by atoms with Gasteiger partial charge in [-0.05, 0) is 49.1 Å². The maximum absolute atomic E-state index is 12.7. The van der Waals surface area contributed by atoms with Gasteiger partial charge in [0.15, 0.2) is 0 Å². The van der Waals surface area contributed by atoms with Crippen molar-refractivity contribution in [1.82, 2.24) is 0 Å². The molecule has 0 unspecified atom stereocenters. The highest BCUT2D eigenvalue weighted by Crippen LogP contribution is 2.47. The zero-order valence-corrected chi connectivity index (χ0v) is 15.2. The molecule has 1 aliphatic rings. The van der Waals surface area contributed by atoms with E-state index in [0.717, 1.165) is 17.7 Å². The van der Waals surface area contributed by atoms with Gasteiger partial charge in [0.2, 0.25) is 11.8 Å². The molecule has 1 fully saturated rings. The molecule has 1 saturated carbocycles. The molecule has 4 nitrogen and oxygen atoms in total. The average molecular weight is 377 g/mol. The molecule has 2 amide bonds. The first-order chi connectivity index (χ1) is 12.0. The molecule has 3 rings (SSSR count). The molecule has 0 heterocycles. The molecule has 6 heteroatoms. The Balaban J connectivity index is 1.73. The molecule has 1 aliphatic carbocycles. The van der Waals surface area contributed by atoms with Gasteiger partial charge in [0, 0.05) is 11.4 Å². The minimum atomic E-state index is -1.02. The average Bonchev–Trinajstić information content (AvgIpc) is 3.40. The highest BCUT2D eigenvalue weighted by atomic mass is 35.5. The first-order valence-corrected chi connectivity index (χ1v) is 8.88. The van der Waals surface area contributed by atoms with Crippen LogP contribution in [0.2, 0.25) is 10.0 Å². The Hall–Kier alpha value is -2.04. The number of carbonyl (C=O) groups excluding carboxylic acids is 2. The quantitative estimate of drug-likeness (QED) is 0.728. The molecular weight excluding hydrogens is 359 g/mol. The van der Waals surface area contributed by atoms with Crippen molar-refractivity contribution in [3.05, 3.63) is 58.1 Å². The molecule has 0 saturated heterocycles. The fourth-order valence-corrected chi connectivity index (χ4v) is 3.00. The van der Waals surface area contributed by atoms with Crippen LogP contribution in [-0.2, 0) is 16.0 Å². The molecule has 0 bridgehead atoms. The van der Waals surface area contributed by atoms with Gasteiger partial charge in [-0.1, -0.05) is 48.3 Å². The van der Waals surface area contributed by atoms with Crippen molar-refractivity contribution in [2.75, 3.05) is 10.6 Å². The van der Waals surface area contributed by atoms with Crippen molar-refractivity contribution >= 4 is 46.4 Å². The highest BCUT2D eigenvalue weighted by molar-refractivity contribution is 6.42. The number of hydrogen-bond acceptors (Lipinski definition) is 2. The molecule has 0 atom stereocenters. The first kappa shape index (κ1) is 17.8. The second-order valence-electron chi connectivity index (χ2n) is 6.13. The van der Waals surface area contributed by atoms with E-state index in [2.05, 4.69) is 10.6 Å². The van der Waals surface area contributed by atoms with Gasteiger partial charge in [-0.2, -0.15) is 0 Å². The summed E-state index contributed by atoms with van der Waals surface area (Å²) in [6.07, 6.45) is 1.86. The van der Waals surface area contributed by atoms with Crippen LogP contribution in [0.3, 0.4) is 0 Å². The summed E-state index contributed by atoms with van der Waals surface area (Å²) in [7, 11) is 0. The number of anilines is 2. The number of halogens is 2. The third-order valence-corrected chi connectivity index (χ3v) is 5.18. The van der Waals surface area contributed by atoms with Crippen molar-refractivity contribution in [2.45, 2.75) is 26.2 Å². The van der Waals surface area contributed by atoms with Crippen LogP contribution in [0.15, 0.2) is 42.5 Å². The van der Waals surface area contributed by atoms with Crippen molar-refractivity contribution in [1.29, 1.82) is 0 Å². The largest absolute Gasteiger partial charge is 0.325 e. The number of para-hydroxylation sites is 1. The number of rotatable bonds is 5. The lowest BCUT2D eigenvalue weighted by molar-refractivity contribution is -0.131. The maximum atomic E-state index is 12.7. The predicted octanol–water partition coefficient (Wildman–Crippen LogP) is 4.91. The van der Waals surface area contributed by atoms with Crippen LogP contribution in [0.25, 0.3) is 0 Å². The van der Waals surface area contributed by atoms with Crippen LogP contribution in [0.1, 0.15) is 25.3 Å². The van der Waals surface area contributed by atoms with Crippen LogP contribution in [0, 0.1) is 5.41 Å². The monoisotopic (exact) mass is 376 g/mol. The number of benzene rings is 2. The van der Waals surface area contributed by atoms with Gasteiger partial charge in [-0.3, -0.25) is 9.59 Å². The molecule has 0 spiro atoms. The minimum absolute atomic E-state index is 0.272. The van der Waals surface area contributed by atoms with E-state index in [9.17, 15) is 9.59 Å². The standard InChI is InChI=1S/C19H18Cl2N2O2/c1-2-12-5-3-4-6-16(12)23-18(25)19(9-10-19)17(24)22-13-7-8-14(20)15(21)11-13/h3-8,11H,2,9-10H2,1H3,(H,22,24)(H,23,25). The van der Waals surface area contributed by atoms with E-state index in [0.29, 0.717) is 28.6 Å². The van der Waals surface area contributed by atoms with E-state index in [4.69, 9.17) is 23.2 Å². The van der Waals surface area contributed by atoms with Crippen LogP contribution in [-0.4, -0.2) is 11.8 Å². The zero-order chi connectivity index (χ0) is 18.0. The predicted molar refractivity (Wildman–Crippen MR) is 101 cm³/mol. The number of carbonyl (C=O) groups is 2. The van der Waals surface area contributed by atoms with E-state index in [1.165, 1.54) is 0 Å². The summed E-state index contributed by atoms with van der Waals surface area (Å²) < 4.78 is 0. The van der Waals surface area contributed by atoms with Crippen molar-refractivity contribution in [2.24, 2.45) is 5.41 Å². The molecule has 2 N–H and O–H groups in total. The molecular formula is C19H18Cl2N2O2. The summed E-state index contributed by atoms with van der Waals surface area (Å²) in [5.41, 5.74) is 1.29. The summed E-state index contributed by atoms with van der Waals surface area (Å²) in [4.78, 5) is 25.3. The topological polar surface area (TPSA) is 58.2 Å². The fourth-order valence-electron chi connectivity index (χ4n) is 2.70. The Labute approximate surface area is 156 Å². The Bertz CT molecular complexity index is 832. The summed E-state index contributed by atoms with van der Waals surface area (Å²) in [6.45, 7) is 2.02. The lowest BCUT2D eigenvalue weighted by Gasteiger charge is -2.17. The van der Waals surface area contributed by atoms with Crippen LogP contribution in [0.4, 0.5) is 11.4 Å². The molecule has 0 radical (unpaired) electrons. The van der Waals surface area contributed by atoms with Gasteiger partial charge in [-0.25, -0.2) is 0 Å². The fraction of sp³-hybridized carbons (Fsp3) is 0.263. The van der Waals surface area contributed by atoms with Gasteiger partial charge < -0.3 is 10.6 Å². The smallest absolute Gasteiger partial charge is 0.240 e. The van der Waals surface area contributed by atoms with Gasteiger partial charge in [0.05, 0.1) is 10.0 Å². The minimum Gasteiger partial charge on any atom is -0.325 e. The summed E-state index contributed by atoms with van der Waals surface area (Å²) in [6, 6.07) is 12.4. The third-order valence-electron chi connectivity index (χ3n) is 4.44. The number of aryl methyl sites for hydroxylation is 1. The van der Waals surface area contributed by atoms with Crippen molar-refractivity contribution in [3.63, 3.8) is 0 Å². The second-order valence-corrected chi connectivity index (χ2v) is 6.94. The van der Waals surface area contributed by atoms with E-state index in [1.807, 2.05) is 31.2 Å². The third kappa shape index (κ3) is 3.65. The Morgan fingerprint density at radius 1 is 1.00 bits per heavy atom. The van der Waals surface area contributed by atoms with E-state index >= 15 is 0 Å². The van der Waals surface area contributed by atoms with Crippen LogP contribution < -0.4 is 10.6 Å². The number of hydrogen-bond donors (Lipinski definition) is 2. The van der Waals surface area contributed by atoms with E-state index in [-0.39, 0.29) is 11.8 Å². The zero-order valence-electron chi connectivity index (χ0n) is 13.7. The Morgan fingerprint density at radius 2 is 1.68 bits per heavy atom. The molecule has 0 aromatic heterocycles. The highest BCUT2D eigenvalue weighted by Gasteiger charge is 2.56. The lowest BCUT2D eigenvalue weighted by Crippen LogP contribution is -2.35. The molecule has 0 aliphatic heterocycles. The van der Waals surface area contributed by atoms with Gasteiger partial charge in [-0.15, -0.1) is 0 Å².